The van der Waals surface area contributed by atoms with Crippen molar-refractivity contribution in [3.8, 4) is 0 Å². The molecule has 0 aromatic carbocycles. The van der Waals surface area contributed by atoms with Crippen molar-refractivity contribution in [3.63, 3.8) is 0 Å². The molecule has 0 bridgehead atoms. The molecule has 2 N–H and O–H groups in total. The standard InChI is InChI=1S/C8H8Br2O4S/c9-4-3-5(15-7(4)10)6(8(12)13)14-2-1-11/h3,6,11H,1-2H2,(H,12,13). The van der Waals surface area contributed by atoms with Crippen molar-refractivity contribution in [2.75, 3.05) is 13.2 Å². The third-order valence-corrected chi connectivity index (χ3v) is 4.82. The number of aliphatic carboxylic acids is 1. The van der Waals surface area contributed by atoms with Crippen LogP contribution in [0.15, 0.2) is 14.3 Å². The Labute approximate surface area is 107 Å². The van der Waals surface area contributed by atoms with Gasteiger partial charge in [-0.05, 0) is 37.9 Å². The third-order valence-electron chi connectivity index (χ3n) is 1.52. The Morgan fingerprint density at radius 2 is 2.27 bits per heavy atom. The number of aliphatic hydroxyl groups excluding tert-OH is 1. The molecule has 1 atom stereocenters. The van der Waals surface area contributed by atoms with Crippen molar-refractivity contribution < 1.29 is 19.7 Å². The van der Waals surface area contributed by atoms with Crippen LogP contribution < -0.4 is 0 Å². The molecule has 0 aliphatic heterocycles. The zero-order valence-corrected chi connectivity index (χ0v) is 11.4. The Morgan fingerprint density at radius 1 is 1.60 bits per heavy atom. The van der Waals surface area contributed by atoms with Crippen molar-refractivity contribution in [3.05, 3.63) is 19.2 Å². The van der Waals surface area contributed by atoms with Gasteiger partial charge in [0.05, 0.1) is 17.0 Å². The average Bonchev–Trinajstić information content (AvgIpc) is 2.47. The highest BCUT2D eigenvalue weighted by Gasteiger charge is 2.23. The van der Waals surface area contributed by atoms with Crippen molar-refractivity contribution >= 4 is 49.2 Å². The first kappa shape index (κ1) is 13.1. The van der Waals surface area contributed by atoms with E-state index in [1.54, 1.807) is 6.07 Å². The van der Waals surface area contributed by atoms with Crippen molar-refractivity contribution in [1.82, 2.24) is 0 Å². The lowest BCUT2D eigenvalue weighted by molar-refractivity contribution is -0.151. The smallest absolute Gasteiger partial charge is 0.338 e. The number of halogens is 2. The van der Waals surface area contributed by atoms with Gasteiger partial charge >= 0.3 is 5.97 Å². The first-order chi connectivity index (χ1) is 7.06. The van der Waals surface area contributed by atoms with E-state index in [0.717, 1.165) is 8.26 Å². The van der Waals surface area contributed by atoms with Crippen LogP contribution in [0.4, 0.5) is 0 Å². The Balaban J connectivity index is 2.84. The summed E-state index contributed by atoms with van der Waals surface area (Å²) < 4.78 is 6.64. The van der Waals surface area contributed by atoms with E-state index in [2.05, 4.69) is 31.9 Å². The van der Waals surface area contributed by atoms with Crippen LogP contribution in [-0.2, 0) is 9.53 Å². The molecule has 1 heterocycles. The molecule has 1 aromatic heterocycles. The van der Waals surface area contributed by atoms with Gasteiger partial charge in [-0.15, -0.1) is 11.3 Å². The highest BCUT2D eigenvalue weighted by atomic mass is 79.9. The molecule has 1 aromatic rings. The van der Waals surface area contributed by atoms with E-state index in [1.165, 1.54) is 11.3 Å². The second-order valence-electron chi connectivity index (χ2n) is 2.58. The third kappa shape index (κ3) is 3.53. The number of ether oxygens (including phenoxy) is 1. The molecule has 0 aliphatic carbocycles. The Kier molecular flexibility index (Phi) is 5.20. The van der Waals surface area contributed by atoms with E-state index in [4.69, 9.17) is 14.9 Å². The van der Waals surface area contributed by atoms with Crippen LogP contribution in [-0.4, -0.2) is 29.4 Å². The van der Waals surface area contributed by atoms with Gasteiger partial charge in [-0.1, -0.05) is 0 Å². The topological polar surface area (TPSA) is 66.8 Å². The second-order valence-corrected chi connectivity index (χ2v) is 5.84. The van der Waals surface area contributed by atoms with Crippen LogP contribution in [0.3, 0.4) is 0 Å². The fourth-order valence-electron chi connectivity index (χ4n) is 0.938. The summed E-state index contributed by atoms with van der Waals surface area (Å²) in [5, 5.41) is 17.5. The van der Waals surface area contributed by atoms with E-state index >= 15 is 0 Å². The lowest BCUT2D eigenvalue weighted by atomic mass is 10.3. The molecule has 0 fully saturated rings. The Morgan fingerprint density at radius 3 is 2.67 bits per heavy atom. The molecule has 15 heavy (non-hydrogen) atoms. The van der Waals surface area contributed by atoms with E-state index < -0.39 is 12.1 Å². The van der Waals surface area contributed by atoms with Gasteiger partial charge in [0.1, 0.15) is 0 Å². The SMILES string of the molecule is O=C(O)C(OCCO)c1cc(Br)c(Br)s1. The molecular weight excluding hydrogens is 352 g/mol. The highest BCUT2D eigenvalue weighted by Crippen LogP contribution is 2.36. The fourth-order valence-corrected chi connectivity index (χ4v) is 3.07. The normalized spacial score (nSPS) is 12.7. The van der Waals surface area contributed by atoms with Gasteiger partial charge < -0.3 is 14.9 Å². The van der Waals surface area contributed by atoms with Crippen molar-refractivity contribution in [1.29, 1.82) is 0 Å². The van der Waals surface area contributed by atoms with Crippen LogP contribution in [0.25, 0.3) is 0 Å². The van der Waals surface area contributed by atoms with E-state index in [0.29, 0.717) is 4.88 Å². The van der Waals surface area contributed by atoms with Gasteiger partial charge in [0, 0.05) is 9.35 Å². The van der Waals surface area contributed by atoms with Gasteiger partial charge in [0.15, 0.2) is 6.10 Å². The highest BCUT2D eigenvalue weighted by molar-refractivity contribution is 9.13. The molecule has 0 amide bonds. The van der Waals surface area contributed by atoms with Crippen LogP contribution in [0, 0.1) is 0 Å². The first-order valence-electron chi connectivity index (χ1n) is 3.96. The number of carboxylic acid groups (broad SMARTS) is 1. The molecular formula is C8H8Br2O4S. The minimum absolute atomic E-state index is 0.00407. The van der Waals surface area contributed by atoms with Gasteiger partial charge in [-0.25, -0.2) is 4.79 Å². The number of carbonyl (C=O) groups is 1. The Hall–Kier alpha value is 0.0500. The number of aliphatic hydroxyl groups is 1. The number of rotatable bonds is 5. The largest absolute Gasteiger partial charge is 0.479 e. The summed E-state index contributed by atoms with van der Waals surface area (Å²) in [6.45, 7) is -0.193. The monoisotopic (exact) mass is 358 g/mol. The van der Waals surface area contributed by atoms with Gasteiger partial charge in [-0.3, -0.25) is 0 Å². The summed E-state index contributed by atoms with van der Waals surface area (Å²) in [6, 6.07) is 1.69. The minimum atomic E-state index is -1.07. The number of hydrogen-bond acceptors (Lipinski definition) is 4. The predicted octanol–water partition coefficient (Wildman–Crippen LogP) is 2.41. The second kappa shape index (κ2) is 5.95. The van der Waals surface area contributed by atoms with Crippen LogP contribution >= 0.6 is 43.2 Å². The van der Waals surface area contributed by atoms with Gasteiger partial charge in [-0.2, -0.15) is 0 Å². The molecule has 84 valence electrons. The molecule has 0 aliphatic rings. The summed E-state index contributed by atoms with van der Waals surface area (Å²) in [4.78, 5) is 11.5. The molecule has 0 saturated heterocycles. The van der Waals surface area contributed by atoms with Crippen molar-refractivity contribution in [2.24, 2.45) is 0 Å². The zero-order valence-electron chi connectivity index (χ0n) is 7.44. The lowest BCUT2D eigenvalue weighted by Crippen LogP contribution is -2.16. The number of carboxylic acids is 1. The lowest BCUT2D eigenvalue weighted by Gasteiger charge is -2.10. The van der Waals surface area contributed by atoms with Gasteiger partial charge in [0.2, 0.25) is 0 Å². The molecule has 4 nitrogen and oxygen atoms in total. The molecule has 1 unspecified atom stereocenters. The molecule has 0 saturated carbocycles. The quantitative estimate of drug-likeness (QED) is 0.847. The number of hydrogen-bond donors (Lipinski definition) is 2. The summed E-state index contributed by atoms with van der Waals surface area (Å²) >= 11 is 7.83. The summed E-state index contributed by atoms with van der Waals surface area (Å²) in [6.07, 6.45) is -1.02. The average molecular weight is 360 g/mol. The number of thiophene rings is 1. The summed E-state index contributed by atoms with van der Waals surface area (Å²) in [7, 11) is 0. The van der Waals surface area contributed by atoms with Crippen LogP contribution in [0.2, 0.25) is 0 Å². The molecule has 7 heteroatoms. The first-order valence-corrected chi connectivity index (χ1v) is 6.36. The fraction of sp³-hybridized carbons (Fsp3) is 0.375. The Bertz CT molecular complexity index is 333. The zero-order chi connectivity index (χ0) is 11.4. The minimum Gasteiger partial charge on any atom is -0.479 e. The molecule has 0 spiro atoms. The van der Waals surface area contributed by atoms with Crippen LogP contribution in [0.5, 0.6) is 0 Å². The van der Waals surface area contributed by atoms with E-state index in [1.807, 2.05) is 0 Å². The van der Waals surface area contributed by atoms with Gasteiger partial charge in [0.25, 0.3) is 0 Å². The van der Waals surface area contributed by atoms with Crippen LogP contribution in [0.1, 0.15) is 11.0 Å². The van der Waals surface area contributed by atoms with E-state index in [9.17, 15) is 4.79 Å². The maximum Gasteiger partial charge on any atom is 0.338 e. The predicted molar refractivity (Wildman–Crippen MR) is 63.1 cm³/mol. The molecule has 1 rings (SSSR count). The molecule has 0 radical (unpaired) electrons. The van der Waals surface area contributed by atoms with Crippen molar-refractivity contribution in [2.45, 2.75) is 6.10 Å². The summed E-state index contributed by atoms with van der Waals surface area (Å²) in [5.41, 5.74) is 0. The summed E-state index contributed by atoms with van der Waals surface area (Å²) in [5.74, 6) is -1.07. The maximum absolute atomic E-state index is 10.9. The maximum atomic E-state index is 10.9. The van der Waals surface area contributed by atoms with E-state index in [-0.39, 0.29) is 13.2 Å².